The maximum absolute atomic E-state index is 12.3. The predicted molar refractivity (Wildman–Crippen MR) is 64.0 cm³/mol. The molecule has 1 fully saturated rings. The molecule has 0 saturated carbocycles. The van der Waals surface area contributed by atoms with Crippen molar-refractivity contribution in [1.29, 1.82) is 0 Å². The number of oxime groups is 1. The van der Waals surface area contributed by atoms with Crippen molar-refractivity contribution >= 4 is 17.7 Å². The standard InChI is InChI=1S/C12H18N2O4/c1-7(2)6-9-10(8(3)18-13-9)11(15)14-4-5-17-12(14)16/h7-8,10H,4-6H2,1-3H3/t8-,10-/m0/s1. The third-order valence-corrected chi connectivity index (χ3v) is 3.07. The van der Waals surface area contributed by atoms with Gasteiger partial charge in [0.2, 0.25) is 5.91 Å². The van der Waals surface area contributed by atoms with Crippen LogP contribution in [0.1, 0.15) is 27.2 Å². The number of imide groups is 1. The number of cyclic esters (lactones) is 1. The third kappa shape index (κ3) is 2.32. The Morgan fingerprint density at radius 1 is 1.56 bits per heavy atom. The SMILES string of the molecule is CC(C)CC1=NO[C@@H](C)[C@@H]1C(=O)N1CCOC1=O. The Hall–Kier alpha value is -1.59. The molecule has 2 aliphatic heterocycles. The van der Waals surface area contributed by atoms with Crippen LogP contribution in [0.4, 0.5) is 4.79 Å². The Morgan fingerprint density at radius 2 is 2.28 bits per heavy atom. The first-order chi connectivity index (χ1) is 8.50. The first-order valence-electron chi connectivity index (χ1n) is 6.21. The molecule has 6 heteroatoms. The topological polar surface area (TPSA) is 68.2 Å². The van der Waals surface area contributed by atoms with E-state index in [4.69, 9.17) is 9.57 Å². The first-order valence-corrected chi connectivity index (χ1v) is 6.21. The van der Waals surface area contributed by atoms with E-state index in [0.29, 0.717) is 18.9 Å². The molecule has 18 heavy (non-hydrogen) atoms. The summed E-state index contributed by atoms with van der Waals surface area (Å²) in [6.45, 7) is 6.48. The fraction of sp³-hybridized carbons (Fsp3) is 0.750. The van der Waals surface area contributed by atoms with Gasteiger partial charge in [-0.25, -0.2) is 9.69 Å². The molecule has 6 nitrogen and oxygen atoms in total. The molecule has 2 amide bonds. The summed E-state index contributed by atoms with van der Waals surface area (Å²) in [6.07, 6.45) is -0.188. The smallest absolute Gasteiger partial charge is 0.416 e. The van der Waals surface area contributed by atoms with Gasteiger partial charge in [-0.15, -0.1) is 0 Å². The van der Waals surface area contributed by atoms with Crippen molar-refractivity contribution in [3.8, 4) is 0 Å². The van der Waals surface area contributed by atoms with Crippen LogP contribution < -0.4 is 0 Å². The Bertz CT molecular complexity index is 392. The Kier molecular flexibility index (Phi) is 3.54. The minimum atomic E-state index is -0.567. The lowest BCUT2D eigenvalue weighted by molar-refractivity contribution is -0.132. The van der Waals surface area contributed by atoms with Crippen LogP contribution in [-0.4, -0.2) is 41.9 Å². The van der Waals surface area contributed by atoms with Crippen molar-refractivity contribution in [3.63, 3.8) is 0 Å². The number of hydrogen-bond donors (Lipinski definition) is 0. The maximum Gasteiger partial charge on any atom is 0.416 e. The van der Waals surface area contributed by atoms with Gasteiger partial charge in [-0.2, -0.15) is 0 Å². The van der Waals surface area contributed by atoms with E-state index in [1.165, 1.54) is 0 Å². The van der Waals surface area contributed by atoms with Gasteiger partial charge < -0.3 is 9.57 Å². The highest BCUT2D eigenvalue weighted by atomic mass is 16.6. The molecule has 0 aliphatic carbocycles. The van der Waals surface area contributed by atoms with Crippen LogP contribution in [0.15, 0.2) is 5.16 Å². The van der Waals surface area contributed by atoms with Crippen molar-refractivity contribution in [2.24, 2.45) is 17.0 Å². The number of carbonyl (C=O) groups excluding carboxylic acids is 2. The summed E-state index contributed by atoms with van der Waals surface area (Å²) in [6, 6.07) is 0. The van der Waals surface area contributed by atoms with Crippen LogP contribution in [-0.2, 0) is 14.4 Å². The molecule has 0 spiro atoms. The Morgan fingerprint density at radius 3 is 2.83 bits per heavy atom. The molecular weight excluding hydrogens is 236 g/mol. The zero-order chi connectivity index (χ0) is 13.3. The molecule has 0 aromatic heterocycles. The molecule has 0 aromatic carbocycles. The zero-order valence-electron chi connectivity index (χ0n) is 10.9. The number of carbonyl (C=O) groups is 2. The molecule has 100 valence electrons. The van der Waals surface area contributed by atoms with E-state index in [1.54, 1.807) is 6.92 Å². The highest BCUT2D eigenvalue weighted by Crippen LogP contribution is 2.25. The highest BCUT2D eigenvalue weighted by Gasteiger charge is 2.42. The van der Waals surface area contributed by atoms with Crippen LogP contribution in [0.5, 0.6) is 0 Å². The van der Waals surface area contributed by atoms with Gasteiger partial charge in [-0.1, -0.05) is 19.0 Å². The Balaban J connectivity index is 2.12. The first kappa shape index (κ1) is 12.9. The fourth-order valence-electron chi connectivity index (χ4n) is 2.23. The van der Waals surface area contributed by atoms with Gasteiger partial charge in [0, 0.05) is 0 Å². The molecule has 0 radical (unpaired) electrons. The third-order valence-electron chi connectivity index (χ3n) is 3.07. The molecule has 0 bridgehead atoms. The molecule has 1 saturated heterocycles. The molecule has 0 N–H and O–H groups in total. The van der Waals surface area contributed by atoms with E-state index in [2.05, 4.69) is 19.0 Å². The molecule has 2 atom stereocenters. The van der Waals surface area contributed by atoms with Crippen molar-refractivity contribution in [1.82, 2.24) is 4.90 Å². The lowest BCUT2D eigenvalue weighted by atomic mass is 9.91. The summed E-state index contributed by atoms with van der Waals surface area (Å²) in [7, 11) is 0. The quantitative estimate of drug-likeness (QED) is 0.763. The van der Waals surface area contributed by atoms with Gasteiger partial charge in [-0.05, 0) is 19.3 Å². The van der Waals surface area contributed by atoms with Gasteiger partial charge in [0.1, 0.15) is 18.6 Å². The largest absolute Gasteiger partial charge is 0.447 e. The van der Waals surface area contributed by atoms with E-state index in [0.717, 1.165) is 10.6 Å². The summed E-state index contributed by atoms with van der Waals surface area (Å²) in [5, 5.41) is 3.97. The summed E-state index contributed by atoms with van der Waals surface area (Å²) >= 11 is 0. The number of hydrogen-bond acceptors (Lipinski definition) is 5. The van der Waals surface area contributed by atoms with Crippen LogP contribution in [0, 0.1) is 11.8 Å². The Labute approximate surface area is 106 Å². The number of nitrogens with zero attached hydrogens (tertiary/aromatic N) is 2. The van der Waals surface area contributed by atoms with Gasteiger partial charge in [-0.3, -0.25) is 4.79 Å². The maximum atomic E-state index is 12.3. The second kappa shape index (κ2) is 4.96. The average Bonchev–Trinajstić information content (AvgIpc) is 2.84. The lowest BCUT2D eigenvalue weighted by Crippen LogP contribution is -2.42. The number of ether oxygens (including phenoxy) is 1. The molecule has 0 aromatic rings. The molecular formula is C12H18N2O4. The normalized spacial score (nSPS) is 27.2. The summed E-state index contributed by atoms with van der Waals surface area (Å²) < 4.78 is 4.78. The van der Waals surface area contributed by atoms with E-state index in [9.17, 15) is 9.59 Å². The van der Waals surface area contributed by atoms with Crippen LogP contribution in [0.25, 0.3) is 0 Å². The highest BCUT2D eigenvalue weighted by molar-refractivity contribution is 6.09. The zero-order valence-corrected chi connectivity index (χ0v) is 10.9. The summed E-state index contributed by atoms with van der Waals surface area (Å²) in [5.74, 6) is -0.335. The molecule has 2 aliphatic rings. The van der Waals surface area contributed by atoms with Gasteiger partial charge in [0.25, 0.3) is 0 Å². The second-order valence-corrected chi connectivity index (χ2v) is 5.07. The summed E-state index contributed by atoms with van der Waals surface area (Å²) in [4.78, 5) is 30.1. The van der Waals surface area contributed by atoms with Crippen LogP contribution >= 0.6 is 0 Å². The predicted octanol–water partition coefficient (Wildman–Crippen LogP) is 1.40. The van der Waals surface area contributed by atoms with Crippen LogP contribution in [0.2, 0.25) is 0 Å². The van der Waals surface area contributed by atoms with Crippen molar-refractivity contribution < 1.29 is 19.2 Å². The molecule has 2 heterocycles. The van der Waals surface area contributed by atoms with Crippen molar-refractivity contribution in [3.05, 3.63) is 0 Å². The minimum absolute atomic E-state index is 0.262. The number of rotatable bonds is 3. The van der Waals surface area contributed by atoms with E-state index in [1.807, 2.05) is 0 Å². The molecule has 0 unspecified atom stereocenters. The lowest BCUT2D eigenvalue weighted by Gasteiger charge is -2.19. The van der Waals surface area contributed by atoms with Gasteiger partial charge in [0.05, 0.1) is 12.3 Å². The second-order valence-electron chi connectivity index (χ2n) is 5.07. The molecule has 2 rings (SSSR count). The fourth-order valence-corrected chi connectivity index (χ4v) is 2.23. The summed E-state index contributed by atoms with van der Waals surface area (Å²) in [5.41, 5.74) is 0.724. The van der Waals surface area contributed by atoms with Gasteiger partial charge >= 0.3 is 6.09 Å². The van der Waals surface area contributed by atoms with Crippen molar-refractivity contribution in [2.45, 2.75) is 33.3 Å². The van der Waals surface area contributed by atoms with E-state index < -0.39 is 12.0 Å². The van der Waals surface area contributed by atoms with Gasteiger partial charge in [0.15, 0.2) is 0 Å². The monoisotopic (exact) mass is 254 g/mol. The van der Waals surface area contributed by atoms with E-state index in [-0.39, 0.29) is 18.6 Å². The van der Waals surface area contributed by atoms with Crippen LogP contribution in [0.3, 0.4) is 0 Å². The number of amides is 2. The van der Waals surface area contributed by atoms with E-state index >= 15 is 0 Å². The average molecular weight is 254 g/mol. The minimum Gasteiger partial charge on any atom is -0.447 e. The van der Waals surface area contributed by atoms with Crippen molar-refractivity contribution in [2.75, 3.05) is 13.2 Å².